The number of fused-ring (bicyclic) bond motifs is 2. The molecule has 0 amide bonds. The van der Waals surface area contributed by atoms with Crippen molar-refractivity contribution in [1.29, 1.82) is 0 Å². The topological polar surface area (TPSA) is 116 Å². The van der Waals surface area contributed by atoms with E-state index in [2.05, 4.69) is 40.0 Å². The van der Waals surface area contributed by atoms with Crippen LogP contribution in [0.25, 0.3) is 55.3 Å². The van der Waals surface area contributed by atoms with Gasteiger partial charge in [0.15, 0.2) is 22.9 Å². The molecule has 0 spiro atoms. The first-order chi connectivity index (χ1) is 19.5. The van der Waals surface area contributed by atoms with Crippen molar-refractivity contribution in [3.8, 4) is 33.1 Å². The summed E-state index contributed by atoms with van der Waals surface area (Å²) >= 11 is 1.41. The number of rotatable bonds is 6. The molecule has 6 aromatic rings. The van der Waals surface area contributed by atoms with Gasteiger partial charge < -0.3 is 4.98 Å². The molecule has 6 aromatic heterocycles. The second-order valence-electron chi connectivity index (χ2n) is 10.1. The highest BCUT2D eigenvalue weighted by molar-refractivity contribution is 7.17. The van der Waals surface area contributed by atoms with E-state index in [0.717, 1.165) is 35.6 Å². The number of piperidine rings is 1. The van der Waals surface area contributed by atoms with Crippen LogP contribution in [0.15, 0.2) is 49.1 Å². The summed E-state index contributed by atoms with van der Waals surface area (Å²) in [6, 6.07) is 7.58. The molecule has 40 heavy (non-hydrogen) atoms. The fourth-order valence-electron chi connectivity index (χ4n) is 5.33. The largest absolute Gasteiger partial charge is 0.335 e. The minimum atomic E-state index is -0.441. The second kappa shape index (κ2) is 10.00. The number of pyridine rings is 3. The molecule has 7 rings (SSSR count). The van der Waals surface area contributed by atoms with Crippen LogP contribution in [-0.4, -0.2) is 58.9 Å². The highest BCUT2D eigenvalue weighted by Crippen LogP contribution is 2.36. The Morgan fingerprint density at radius 3 is 2.75 bits per heavy atom. The molecule has 0 bridgehead atoms. The second-order valence-corrected chi connectivity index (χ2v) is 11.1. The van der Waals surface area contributed by atoms with Gasteiger partial charge in [0.1, 0.15) is 11.5 Å². The number of halogens is 1. The van der Waals surface area contributed by atoms with E-state index < -0.39 is 5.82 Å². The van der Waals surface area contributed by atoms with E-state index in [4.69, 9.17) is 0 Å². The van der Waals surface area contributed by atoms with Gasteiger partial charge in [-0.15, -0.1) is 11.3 Å². The number of imidazole rings is 1. The number of H-pyrrole nitrogens is 2. The third-order valence-corrected chi connectivity index (χ3v) is 8.55. The smallest absolute Gasteiger partial charge is 0.184 e. The van der Waals surface area contributed by atoms with Gasteiger partial charge in [-0.3, -0.25) is 19.8 Å². The number of likely N-dealkylation sites (tertiary alicyclic amines) is 1. The Balaban J connectivity index is 1.28. The molecule has 2 N–H and O–H groups in total. The summed E-state index contributed by atoms with van der Waals surface area (Å²) < 4.78 is 16.2. The van der Waals surface area contributed by atoms with Gasteiger partial charge in [0.2, 0.25) is 0 Å². The van der Waals surface area contributed by atoms with Gasteiger partial charge in [-0.25, -0.2) is 19.3 Å². The molecule has 1 fully saturated rings. The van der Waals surface area contributed by atoms with Crippen LogP contribution in [0.1, 0.15) is 41.4 Å². The molecule has 200 valence electrons. The molecule has 1 saturated heterocycles. The van der Waals surface area contributed by atoms with E-state index in [1.165, 1.54) is 36.8 Å². The third-order valence-electron chi connectivity index (χ3n) is 7.33. The lowest BCUT2D eigenvalue weighted by atomic mass is 10.0. The zero-order valence-corrected chi connectivity index (χ0v) is 22.6. The van der Waals surface area contributed by atoms with Crippen molar-refractivity contribution in [3.63, 3.8) is 0 Å². The van der Waals surface area contributed by atoms with Crippen LogP contribution in [0.2, 0.25) is 0 Å². The number of carbonyl (C=O) groups is 1. The number of hydrogen-bond acceptors (Lipinski definition) is 8. The standard InChI is InChI=1S/C29H25FN8OS/c1-16(39)21-5-6-22(40-21)19-7-8-32-28-25(19)34-29(35-28)26-23-24(30)20(14-33-27(23)37-36-26)18-11-17(12-31-13-18)15-38-9-3-2-4-10-38/h5-8,11-14H,2-4,9-10,15H2,1H3,(H,32,34,35)(H,33,36,37). The first-order valence-electron chi connectivity index (χ1n) is 13.2. The maximum absolute atomic E-state index is 16.2. The van der Waals surface area contributed by atoms with Gasteiger partial charge in [0.25, 0.3) is 0 Å². The van der Waals surface area contributed by atoms with Crippen LogP contribution in [-0.2, 0) is 6.54 Å². The van der Waals surface area contributed by atoms with E-state index >= 15 is 4.39 Å². The number of thiophene rings is 1. The first kappa shape index (κ1) is 24.7. The summed E-state index contributed by atoms with van der Waals surface area (Å²) in [6.07, 6.45) is 10.4. The molecule has 0 aliphatic carbocycles. The zero-order valence-electron chi connectivity index (χ0n) is 21.7. The minimum Gasteiger partial charge on any atom is -0.335 e. The van der Waals surface area contributed by atoms with E-state index in [-0.39, 0.29) is 16.8 Å². The number of nitrogens with one attached hydrogen (secondary N) is 2. The molecular weight excluding hydrogens is 527 g/mol. The predicted molar refractivity (Wildman–Crippen MR) is 152 cm³/mol. The molecule has 0 unspecified atom stereocenters. The van der Waals surface area contributed by atoms with Crippen molar-refractivity contribution in [2.24, 2.45) is 0 Å². The summed E-state index contributed by atoms with van der Waals surface area (Å²) in [6.45, 7) is 4.49. The van der Waals surface area contributed by atoms with Crippen LogP contribution in [0.3, 0.4) is 0 Å². The predicted octanol–water partition coefficient (Wildman–Crippen LogP) is 6.01. The van der Waals surface area contributed by atoms with E-state index in [0.29, 0.717) is 38.7 Å². The summed E-state index contributed by atoms with van der Waals surface area (Å²) in [7, 11) is 0. The Labute approximate surface area is 232 Å². The molecule has 7 heterocycles. The number of aromatic nitrogens is 7. The number of aromatic amines is 2. The molecule has 0 radical (unpaired) electrons. The van der Waals surface area contributed by atoms with Crippen molar-refractivity contribution in [2.45, 2.75) is 32.7 Å². The number of nitrogens with zero attached hydrogens (tertiary/aromatic N) is 6. The number of Topliss-reactive ketones (excluding diaryl/α,β-unsaturated/α-hetero) is 1. The average molecular weight is 553 g/mol. The number of carbonyl (C=O) groups excluding carboxylic acids is 1. The van der Waals surface area contributed by atoms with Gasteiger partial charge in [0, 0.05) is 52.9 Å². The molecule has 0 aromatic carbocycles. The van der Waals surface area contributed by atoms with E-state index in [1.54, 1.807) is 19.3 Å². The van der Waals surface area contributed by atoms with E-state index in [9.17, 15) is 4.79 Å². The highest BCUT2D eigenvalue weighted by Gasteiger charge is 2.22. The number of ketones is 1. The fraction of sp³-hybridized carbons (Fsp3) is 0.241. The van der Waals surface area contributed by atoms with E-state index in [1.807, 2.05) is 30.5 Å². The molecule has 11 heteroatoms. The quantitative estimate of drug-likeness (QED) is 0.243. The Hall–Kier alpha value is -4.35. The van der Waals surface area contributed by atoms with Crippen LogP contribution in [0, 0.1) is 5.82 Å². The lowest BCUT2D eigenvalue weighted by Crippen LogP contribution is -2.29. The maximum atomic E-state index is 16.2. The van der Waals surface area contributed by atoms with Gasteiger partial charge in [-0.05, 0) is 62.7 Å². The molecule has 1 aliphatic heterocycles. The lowest BCUT2D eigenvalue weighted by Gasteiger charge is -2.26. The van der Waals surface area contributed by atoms with Crippen molar-refractivity contribution in [3.05, 3.63) is 65.3 Å². The van der Waals surface area contributed by atoms with Gasteiger partial charge in [-0.1, -0.05) is 6.42 Å². The zero-order chi connectivity index (χ0) is 27.2. The Morgan fingerprint density at radius 2 is 1.93 bits per heavy atom. The van der Waals surface area contributed by atoms with Gasteiger partial charge in [-0.2, -0.15) is 5.10 Å². The average Bonchev–Trinajstić information content (AvgIpc) is 3.72. The first-order valence-corrected chi connectivity index (χ1v) is 14.0. The molecular formula is C29H25FN8OS. The van der Waals surface area contributed by atoms with Crippen molar-refractivity contribution in [1.82, 2.24) is 40.0 Å². The van der Waals surface area contributed by atoms with Crippen molar-refractivity contribution in [2.75, 3.05) is 13.1 Å². The fourth-order valence-corrected chi connectivity index (χ4v) is 6.26. The van der Waals surface area contributed by atoms with Crippen LogP contribution < -0.4 is 0 Å². The van der Waals surface area contributed by atoms with Gasteiger partial charge in [0.05, 0.1) is 15.8 Å². The summed E-state index contributed by atoms with van der Waals surface area (Å²) in [4.78, 5) is 37.0. The Kier molecular flexibility index (Phi) is 6.17. The van der Waals surface area contributed by atoms with Crippen LogP contribution in [0.4, 0.5) is 4.39 Å². The maximum Gasteiger partial charge on any atom is 0.184 e. The van der Waals surface area contributed by atoms with Crippen LogP contribution in [0.5, 0.6) is 0 Å². The summed E-state index contributed by atoms with van der Waals surface area (Å²) in [5.74, 6) is -0.0268. The Morgan fingerprint density at radius 1 is 1.05 bits per heavy atom. The van der Waals surface area contributed by atoms with Crippen molar-refractivity contribution >= 4 is 39.3 Å². The normalized spacial score (nSPS) is 14.3. The SMILES string of the molecule is CC(=O)c1ccc(-c2ccnc3nc(-c4[nH]nc5ncc(-c6cncc(CN7CCCCC7)c6)c(F)c45)[nH]c23)s1. The summed E-state index contributed by atoms with van der Waals surface area (Å²) in [5.41, 5.74) is 4.74. The molecule has 9 nitrogen and oxygen atoms in total. The molecule has 0 atom stereocenters. The molecule has 0 saturated carbocycles. The number of hydrogen-bond donors (Lipinski definition) is 2. The van der Waals surface area contributed by atoms with Crippen molar-refractivity contribution < 1.29 is 9.18 Å². The molecule has 1 aliphatic rings. The Bertz CT molecular complexity index is 1880. The third kappa shape index (κ3) is 4.37. The van der Waals surface area contributed by atoms with Crippen LogP contribution >= 0.6 is 11.3 Å². The monoisotopic (exact) mass is 552 g/mol. The van der Waals surface area contributed by atoms with Gasteiger partial charge >= 0.3 is 0 Å². The summed E-state index contributed by atoms with van der Waals surface area (Å²) in [5, 5.41) is 7.41. The lowest BCUT2D eigenvalue weighted by molar-refractivity contribution is 0.102. The minimum absolute atomic E-state index is 0.0155. The highest BCUT2D eigenvalue weighted by atomic mass is 32.1.